The Hall–Kier alpha value is -12.7. The minimum atomic E-state index is -2.03. The number of hydrogen-bond acceptors (Lipinski definition) is 20. The van der Waals surface area contributed by atoms with Crippen LogP contribution in [0, 0.1) is 11.6 Å². The number of phenolic OH excluding ortho intramolecular Hbond substituents is 1. The SMILES string of the molecule is N[C@@H](CNC(=O)[C@H](Cc1ccccc1)NC(=O)[C@H](Cc1ccccc1)NC(=O)CCCNC(=O)CC[C@H](NC(=O)N[C@@H](CCC(=O)O)C(=O)O)C(=O)O)C(=O)N[C@@H](CC(=O)O)C(=O)N[C@@H](CSc1cc(O)n(-c2ccc(-c3c4cc(F)c(=O)cc-4oc4cc(O)c(F)cc34)c(C(=O)O)c2)c1O)C(=O)O. The predicted molar refractivity (Wildman–Crippen MR) is 358 cm³/mol. The number of aromatic nitrogens is 1. The number of nitrogens with zero attached hydrogens (tertiary/aromatic N) is 1. The summed E-state index contributed by atoms with van der Waals surface area (Å²) in [5.74, 6) is -21.2. The summed E-state index contributed by atoms with van der Waals surface area (Å²) in [5.41, 5.74) is 4.45. The number of carbonyl (C=O) groups excluding carboxylic acids is 7. The number of carbonyl (C=O) groups is 13. The van der Waals surface area contributed by atoms with E-state index in [4.69, 9.17) is 15.3 Å². The van der Waals surface area contributed by atoms with Gasteiger partial charge in [-0.05, 0) is 60.2 Å². The number of nitrogens with one attached hydrogen (secondary N) is 8. The third-order valence-corrected chi connectivity index (χ3v) is 16.8. The Bertz CT molecular complexity index is 4460. The minimum absolute atomic E-state index is 0.0178. The fraction of sp³-hybridized carbons (Fsp3) is 0.284. The number of carboxylic acid groups (broad SMARTS) is 6. The Morgan fingerprint density at radius 3 is 1.71 bits per heavy atom. The molecule has 0 unspecified atom stereocenters. The van der Waals surface area contributed by atoms with E-state index in [-0.39, 0.29) is 76.2 Å². The first-order chi connectivity index (χ1) is 49.3. The molecule has 1 aliphatic carbocycles. The predicted octanol–water partition coefficient (Wildman–Crippen LogP) is 1.72. The van der Waals surface area contributed by atoms with Crippen LogP contribution in [0.15, 0.2) is 123 Å². The minimum Gasteiger partial charge on any atom is -0.505 e. The van der Waals surface area contributed by atoms with E-state index in [2.05, 4.69) is 31.9 Å². The van der Waals surface area contributed by atoms with Gasteiger partial charge in [-0.2, -0.15) is 0 Å². The van der Waals surface area contributed by atoms with Crippen molar-refractivity contribution in [1.82, 2.24) is 47.1 Å². The van der Waals surface area contributed by atoms with Crippen molar-refractivity contribution in [3.8, 4) is 45.6 Å². The first kappa shape index (κ1) is 78.7. The molecule has 0 radical (unpaired) electrons. The third-order valence-electron chi connectivity index (χ3n) is 15.7. The van der Waals surface area contributed by atoms with E-state index in [1.54, 1.807) is 60.7 Å². The molecule has 19 N–H and O–H groups in total. The van der Waals surface area contributed by atoms with Gasteiger partial charge in [0.25, 0.3) is 0 Å². The lowest BCUT2D eigenvalue weighted by Gasteiger charge is -2.25. The standard InChI is InChI=1S/C67H68F2N10O24S/c68-38-23-36-49(26-47(38)80)103-50-27-48(81)39(69)24-37(50)57(36)34-14-13-33(22-35(34)63(94)95)79-54(84)28-51(62(79)93)104-30-46(66(100)101)76-61(92)45(25-56(87)88)74-58(89)40(70)29-72-59(90)43(20-31-8-3-1-4-9-31)75-60(91)44(21-32-10-5-2-6-11-32)73-53(83)12-7-19-71-52(82)17-15-41(64(96)97)77-67(102)78-42(65(98)99)16-18-55(85)86/h1-6,8-11,13-14,22-24,26-28,40-46,80,84,93H,7,12,15-21,25,29-30,70H2,(H,71,82)(H,72,90)(H,73,83)(H,74,89)(H,75,91)(H,76,92)(H,85,86)(H,87,88)(H,94,95)(H,96,97)(H,98,99)(H,100,101)(H2,77,78,102)/t40-,41-,42-,43-,44-,45-,46-/m0/s1. The van der Waals surface area contributed by atoms with Crippen LogP contribution in [0.2, 0.25) is 0 Å². The molecule has 0 saturated heterocycles. The highest BCUT2D eigenvalue weighted by atomic mass is 32.2. The van der Waals surface area contributed by atoms with E-state index in [1.165, 1.54) is 6.07 Å². The molecule has 0 saturated carbocycles. The lowest BCUT2D eigenvalue weighted by molar-refractivity contribution is -0.143. The van der Waals surface area contributed by atoms with Crippen LogP contribution in [-0.4, -0.2) is 189 Å². The van der Waals surface area contributed by atoms with Crippen LogP contribution >= 0.6 is 11.8 Å². The molecule has 550 valence electrons. The van der Waals surface area contributed by atoms with Gasteiger partial charge in [-0.3, -0.25) is 47.7 Å². The van der Waals surface area contributed by atoms with Crippen LogP contribution in [0.25, 0.3) is 39.1 Å². The van der Waals surface area contributed by atoms with Gasteiger partial charge in [0.15, 0.2) is 23.3 Å². The van der Waals surface area contributed by atoms with E-state index in [9.17, 15) is 117 Å². The summed E-state index contributed by atoms with van der Waals surface area (Å²) in [7, 11) is 0. The van der Waals surface area contributed by atoms with Gasteiger partial charge in [-0.1, -0.05) is 66.7 Å². The van der Waals surface area contributed by atoms with Gasteiger partial charge in [0, 0.05) is 85.7 Å². The van der Waals surface area contributed by atoms with Gasteiger partial charge in [-0.25, -0.2) is 32.8 Å². The van der Waals surface area contributed by atoms with Crippen LogP contribution in [0.3, 0.4) is 0 Å². The molecule has 8 amide bonds. The van der Waals surface area contributed by atoms with E-state index >= 15 is 0 Å². The monoisotopic (exact) mass is 1470 g/mol. The second-order valence-electron chi connectivity index (χ2n) is 23.2. The molecule has 37 heteroatoms. The molecule has 34 nitrogen and oxygen atoms in total. The maximum atomic E-state index is 14.9. The molecule has 1 aromatic heterocycles. The zero-order chi connectivity index (χ0) is 76.2. The molecular formula is C67H68F2N10O24S. The lowest BCUT2D eigenvalue weighted by Crippen LogP contribution is -2.58. The van der Waals surface area contributed by atoms with Crippen molar-refractivity contribution >= 4 is 100 Å². The van der Waals surface area contributed by atoms with E-state index in [0.29, 0.717) is 22.9 Å². The number of hydrogen-bond donors (Lipinski definition) is 18. The number of aromatic carboxylic acids is 1. The fourth-order valence-corrected chi connectivity index (χ4v) is 11.4. The van der Waals surface area contributed by atoms with Gasteiger partial charge in [0.1, 0.15) is 53.6 Å². The second-order valence-corrected chi connectivity index (χ2v) is 24.3. The lowest BCUT2D eigenvalue weighted by atomic mass is 9.90. The van der Waals surface area contributed by atoms with Gasteiger partial charge >= 0.3 is 41.8 Å². The zero-order valence-electron chi connectivity index (χ0n) is 54.3. The summed E-state index contributed by atoms with van der Waals surface area (Å²) in [6, 6.07) is 10.8. The summed E-state index contributed by atoms with van der Waals surface area (Å²) < 4.78 is 36.1. The number of phenols is 1. The number of urea groups is 1. The number of amides is 8. The molecule has 0 spiro atoms. The highest BCUT2D eigenvalue weighted by Crippen LogP contribution is 2.45. The summed E-state index contributed by atoms with van der Waals surface area (Å²) >= 11 is 0.519. The fourth-order valence-electron chi connectivity index (χ4n) is 10.4. The van der Waals surface area contributed by atoms with Crippen molar-refractivity contribution in [3.05, 3.63) is 148 Å². The number of benzene rings is 5. The van der Waals surface area contributed by atoms with Gasteiger partial charge in [-0.15, -0.1) is 11.8 Å². The maximum absolute atomic E-state index is 14.9. The smallest absolute Gasteiger partial charge is 0.336 e. The van der Waals surface area contributed by atoms with E-state index in [1.807, 2.05) is 10.6 Å². The van der Waals surface area contributed by atoms with Gasteiger partial charge in [0.05, 0.1) is 22.6 Å². The highest BCUT2D eigenvalue weighted by Gasteiger charge is 2.34. The van der Waals surface area contributed by atoms with E-state index < -0.39 is 204 Å². The van der Waals surface area contributed by atoms with Crippen molar-refractivity contribution in [1.29, 1.82) is 0 Å². The first-order valence-electron chi connectivity index (χ1n) is 31.3. The van der Waals surface area contributed by atoms with Crippen LogP contribution in [-0.2, 0) is 65.6 Å². The van der Waals surface area contributed by atoms with Crippen molar-refractivity contribution in [3.63, 3.8) is 0 Å². The molecular weight excluding hydrogens is 1400 g/mol. The molecule has 0 fully saturated rings. The summed E-state index contributed by atoms with van der Waals surface area (Å²) in [6.45, 7) is -0.858. The molecule has 0 bridgehead atoms. The first-order valence-corrected chi connectivity index (χ1v) is 32.3. The van der Waals surface area contributed by atoms with Crippen LogP contribution in [0.5, 0.6) is 17.5 Å². The third kappa shape index (κ3) is 21.7. The molecule has 7 rings (SSSR count). The normalized spacial score (nSPS) is 13.1. The number of rotatable bonds is 37. The average Bonchev–Trinajstić information content (AvgIpc) is 0.807. The largest absolute Gasteiger partial charge is 0.505 e. The molecule has 1 aliphatic heterocycles. The zero-order valence-corrected chi connectivity index (χ0v) is 55.1. The average molecular weight is 1470 g/mol. The second kappa shape index (κ2) is 36.1. The van der Waals surface area contributed by atoms with Gasteiger partial charge < -0.3 is 98.6 Å². The Kier molecular flexibility index (Phi) is 27.3. The van der Waals surface area contributed by atoms with Gasteiger partial charge in [0.2, 0.25) is 46.8 Å². The van der Waals surface area contributed by atoms with E-state index in [0.717, 1.165) is 47.0 Å². The van der Waals surface area contributed by atoms with Crippen molar-refractivity contribution in [2.24, 2.45) is 5.73 Å². The number of aliphatic carboxylic acids is 5. The number of aromatic hydroxyl groups is 3. The maximum Gasteiger partial charge on any atom is 0.336 e. The highest BCUT2D eigenvalue weighted by molar-refractivity contribution is 7.99. The molecule has 2 aliphatic rings. The molecule has 5 aromatic rings. The summed E-state index contributed by atoms with van der Waals surface area (Å²) in [4.78, 5) is 178. The van der Waals surface area contributed by atoms with Crippen molar-refractivity contribution < 1.29 is 121 Å². The number of halogens is 2. The molecule has 104 heavy (non-hydrogen) atoms. The number of carboxylic acids is 6. The van der Waals surface area contributed by atoms with Crippen molar-refractivity contribution in [2.75, 3.05) is 18.8 Å². The quantitative estimate of drug-likeness (QED) is 0.0150. The molecule has 2 heterocycles. The molecule has 7 atom stereocenters. The van der Waals surface area contributed by atoms with Crippen molar-refractivity contribution in [2.45, 2.75) is 105 Å². The molecule has 4 aromatic carbocycles. The summed E-state index contributed by atoms with van der Waals surface area (Å²) in [5, 5.41) is 109. The van der Waals surface area contributed by atoms with Crippen LogP contribution < -0.4 is 53.7 Å². The summed E-state index contributed by atoms with van der Waals surface area (Å²) in [6.07, 6.45) is -3.80. The Balaban J connectivity index is 0.962. The van der Waals surface area contributed by atoms with Crippen LogP contribution in [0.1, 0.15) is 66.4 Å². The Morgan fingerprint density at radius 2 is 1.12 bits per heavy atom. The Labute approximate surface area is 589 Å². The number of nitrogens with two attached hydrogens (primary N) is 1. The number of fused-ring (bicyclic) bond motifs is 2. The van der Waals surface area contributed by atoms with Crippen LogP contribution in [0.4, 0.5) is 13.6 Å². The topological polar surface area (TPSA) is 561 Å². The number of thioether (sulfide) groups is 1. The Morgan fingerprint density at radius 1 is 0.548 bits per heavy atom.